The van der Waals surface area contributed by atoms with Crippen molar-refractivity contribution in [1.29, 1.82) is 0 Å². The van der Waals surface area contributed by atoms with E-state index in [0.717, 1.165) is 32.1 Å². The average Bonchev–Trinajstić information content (AvgIpc) is 3.25. The lowest BCUT2D eigenvalue weighted by atomic mass is 10.2. The second kappa shape index (κ2) is 5.63. The SMILES string of the molecule is Cn1c(N[C@@H]2CCC[C@H]2O)nc2c(ncn2C2CCCC2)c1=O. The van der Waals surface area contributed by atoms with Gasteiger partial charge in [-0.25, -0.2) is 4.98 Å². The van der Waals surface area contributed by atoms with Crippen molar-refractivity contribution in [3.05, 3.63) is 16.7 Å². The first-order valence-electron chi connectivity index (χ1n) is 8.53. The summed E-state index contributed by atoms with van der Waals surface area (Å²) in [6, 6.07) is 0.359. The number of hydrogen-bond donors (Lipinski definition) is 2. The highest BCUT2D eigenvalue weighted by atomic mass is 16.3. The van der Waals surface area contributed by atoms with Gasteiger partial charge in [-0.15, -0.1) is 0 Å². The fraction of sp³-hybridized carbons (Fsp3) is 0.688. The number of anilines is 1. The first kappa shape index (κ1) is 14.7. The summed E-state index contributed by atoms with van der Waals surface area (Å²) in [5.41, 5.74) is 0.952. The molecule has 0 unspecified atom stereocenters. The minimum Gasteiger partial charge on any atom is -0.391 e. The Morgan fingerprint density at radius 2 is 2.00 bits per heavy atom. The molecular formula is C16H23N5O2. The van der Waals surface area contributed by atoms with Crippen LogP contribution in [-0.2, 0) is 7.05 Å². The van der Waals surface area contributed by atoms with E-state index >= 15 is 0 Å². The molecule has 2 aromatic rings. The number of nitrogens with one attached hydrogen (secondary N) is 1. The van der Waals surface area contributed by atoms with Crippen LogP contribution in [0.5, 0.6) is 0 Å². The Morgan fingerprint density at radius 1 is 1.22 bits per heavy atom. The molecule has 2 atom stereocenters. The monoisotopic (exact) mass is 317 g/mol. The van der Waals surface area contributed by atoms with Crippen LogP contribution in [0.2, 0.25) is 0 Å². The molecule has 0 bridgehead atoms. The largest absolute Gasteiger partial charge is 0.391 e. The molecule has 0 saturated heterocycles. The van der Waals surface area contributed by atoms with Gasteiger partial charge >= 0.3 is 0 Å². The predicted molar refractivity (Wildman–Crippen MR) is 87.5 cm³/mol. The normalized spacial score (nSPS) is 25.5. The number of aromatic nitrogens is 4. The van der Waals surface area contributed by atoms with Crippen LogP contribution in [0.25, 0.3) is 11.2 Å². The average molecular weight is 317 g/mol. The zero-order chi connectivity index (χ0) is 16.0. The highest BCUT2D eigenvalue weighted by molar-refractivity contribution is 5.71. The molecule has 2 fully saturated rings. The van der Waals surface area contributed by atoms with Crippen molar-refractivity contribution in [3.8, 4) is 0 Å². The van der Waals surface area contributed by atoms with Gasteiger partial charge in [0.2, 0.25) is 5.95 Å². The zero-order valence-corrected chi connectivity index (χ0v) is 13.4. The molecule has 0 spiro atoms. The van der Waals surface area contributed by atoms with Crippen molar-refractivity contribution >= 4 is 17.1 Å². The topological polar surface area (TPSA) is 85.0 Å². The fourth-order valence-corrected chi connectivity index (χ4v) is 3.90. The van der Waals surface area contributed by atoms with Gasteiger partial charge in [-0.1, -0.05) is 12.8 Å². The van der Waals surface area contributed by atoms with Gasteiger partial charge < -0.3 is 15.0 Å². The van der Waals surface area contributed by atoms with E-state index < -0.39 is 0 Å². The molecular weight excluding hydrogens is 294 g/mol. The Bertz CT molecular complexity index is 775. The molecule has 2 aliphatic carbocycles. The molecule has 0 amide bonds. The minimum atomic E-state index is -0.373. The van der Waals surface area contributed by atoms with Crippen LogP contribution < -0.4 is 10.9 Å². The fourth-order valence-electron chi connectivity index (χ4n) is 3.90. The summed E-state index contributed by atoms with van der Waals surface area (Å²) < 4.78 is 3.55. The van der Waals surface area contributed by atoms with Crippen LogP contribution in [0, 0.1) is 0 Å². The van der Waals surface area contributed by atoms with Crippen molar-refractivity contribution in [2.24, 2.45) is 7.05 Å². The van der Waals surface area contributed by atoms with Crippen LogP contribution in [0.15, 0.2) is 11.1 Å². The van der Waals surface area contributed by atoms with Crippen LogP contribution in [0.1, 0.15) is 51.0 Å². The van der Waals surface area contributed by atoms with E-state index in [9.17, 15) is 9.90 Å². The van der Waals surface area contributed by atoms with Gasteiger partial charge in [-0.2, -0.15) is 4.98 Å². The van der Waals surface area contributed by atoms with Gasteiger partial charge in [0.1, 0.15) is 0 Å². The van der Waals surface area contributed by atoms with Crippen LogP contribution in [0.3, 0.4) is 0 Å². The summed E-state index contributed by atoms with van der Waals surface area (Å²) in [7, 11) is 1.70. The third-order valence-electron chi connectivity index (χ3n) is 5.32. The van der Waals surface area contributed by atoms with E-state index in [-0.39, 0.29) is 17.7 Å². The maximum absolute atomic E-state index is 12.6. The molecule has 0 aliphatic heterocycles. The second-order valence-corrected chi connectivity index (χ2v) is 6.81. The summed E-state index contributed by atoms with van der Waals surface area (Å²) in [6.07, 6.45) is 8.74. The molecule has 23 heavy (non-hydrogen) atoms. The molecule has 124 valence electrons. The molecule has 2 aromatic heterocycles. The zero-order valence-electron chi connectivity index (χ0n) is 13.4. The van der Waals surface area contributed by atoms with Crippen molar-refractivity contribution in [2.75, 3.05) is 5.32 Å². The molecule has 2 saturated carbocycles. The van der Waals surface area contributed by atoms with Gasteiger partial charge in [0, 0.05) is 13.1 Å². The van der Waals surface area contributed by atoms with E-state index in [4.69, 9.17) is 0 Å². The number of rotatable bonds is 3. The quantitative estimate of drug-likeness (QED) is 0.897. The maximum Gasteiger partial charge on any atom is 0.282 e. The van der Waals surface area contributed by atoms with E-state index in [1.165, 1.54) is 17.4 Å². The molecule has 2 N–H and O–H groups in total. The van der Waals surface area contributed by atoms with Crippen molar-refractivity contribution in [1.82, 2.24) is 19.1 Å². The second-order valence-electron chi connectivity index (χ2n) is 6.81. The lowest BCUT2D eigenvalue weighted by molar-refractivity contribution is 0.171. The van der Waals surface area contributed by atoms with Crippen LogP contribution >= 0.6 is 0 Å². The molecule has 0 radical (unpaired) electrons. The number of aliphatic hydroxyl groups excluding tert-OH is 1. The summed E-state index contributed by atoms with van der Waals surface area (Å²) in [6.45, 7) is 0. The molecule has 7 nitrogen and oxygen atoms in total. The van der Waals surface area contributed by atoms with Crippen molar-refractivity contribution < 1.29 is 5.11 Å². The van der Waals surface area contributed by atoms with E-state index in [1.807, 2.05) is 0 Å². The first-order valence-corrected chi connectivity index (χ1v) is 8.53. The van der Waals surface area contributed by atoms with Gasteiger partial charge in [-0.05, 0) is 32.1 Å². The van der Waals surface area contributed by atoms with Gasteiger partial charge in [-0.3, -0.25) is 9.36 Å². The first-order chi connectivity index (χ1) is 11.1. The highest BCUT2D eigenvalue weighted by Gasteiger charge is 2.27. The standard InChI is InChI=1S/C16H23N5O2/c1-20-15(23)13-14(21(9-17-13)10-5-2-3-6-10)19-16(20)18-11-7-4-8-12(11)22/h9-12,22H,2-8H2,1H3,(H,18,19)/t11-,12-/m1/s1. The summed E-state index contributed by atoms with van der Waals surface area (Å²) >= 11 is 0. The smallest absolute Gasteiger partial charge is 0.282 e. The Balaban J connectivity index is 1.76. The van der Waals surface area contributed by atoms with Gasteiger partial charge in [0.25, 0.3) is 5.56 Å². The molecule has 7 heteroatoms. The van der Waals surface area contributed by atoms with E-state index in [0.29, 0.717) is 23.2 Å². The number of hydrogen-bond acceptors (Lipinski definition) is 5. The summed E-state index contributed by atoms with van der Waals surface area (Å²) in [4.78, 5) is 21.6. The maximum atomic E-state index is 12.6. The van der Waals surface area contributed by atoms with Crippen molar-refractivity contribution in [3.63, 3.8) is 0 Å². The van der Waals surface area contributed by atoms with Crippen LogP contribution in [0.4, 0.5) is 5.95 Å². The predicted octanol–water partition coefficient (Wildman–Crippen LogP) is 1.57. The Hall–Kier alpha value is -1.89. The Morgan fingerprint density at radius 3 is 2.70 bits per heavy atom. The summed E-state index contributed by atoms with van der Waals surface area (Å²) in [5, 5.41) is 13.3. The Labute approximate surface area is 134 Å². The van der Waals surface area contributed by atoms with E-state index in [2.05, 4.69) is 19.9 Å². The third-order valence-corrected chi connectivity index (χ3v) is 5.32. The lowest BCUT2D eigenvalue weighted by Gasteiger charge is -2.19. The Kier molecular flexibility index (Phi) is 3.60. The minimum absolute atomic E-state index is 0.0339. The molecule has 4 rings (SSSR count). The van der Waals surface area contributed by atoms with E-state index in [1.54, 1.807) is 13.4 Å². The lowest BCUT2D eigenvalue weighted by Crippen LogP contribution is -2.32. The molecule has 2 aliphatic rings. The number of imidazole rings is 1. The number of aliphatic hydroxyl groups is 1. The van der Waals surface area contributed by atoms with Gasteiger partial charge in [0.15, 0.2) is 11.2 Å². The van der Waals surface area contributed by atoms with Crippen molar-refractivity contribution in [2.45, 2.75) is 63.1 Å². The number of fused-ring (bicyclic) bond motifs is 1. The van der Waals surface area contributed by atoms with Gasteiger partial charge in [0.05, 0.1) is 18.5 Å². The molecule has 0 aromatic carbocycles. The van der Waals surface area contributed by atoms with Crippen LogP contribution in [-0.4, -0.2) is 36.4 Å². The third kappa shape index (κ3) is 2.43. The highest BCUT2D eigenvalue weighted by Crippen LogP contribution is 2.31. The summed E-state index contributed by atoms with van der Waals surface area (Å²) in [5.74, 6) is 0.521. The number of nitrogens with zero attached hydrogens (tertiary/aromatic N) is 4. The molecule has 2 heterocycles.